The largest absolute Gasteiger partial charge is 0.456 e. The Labute approximate surface area is 247 Å². The van der Waals surface area contributed by atoms with Gasteiger partial charge in [-0.15, -0.1) is 0 Å². The van der Waals surface area contributed by atoms with Crippen LogP contribution in [-0.2, 0) is 0 Å². The first-order chi connectivity index (χ1) is 21.3. The first-order valence-corrected chi connectivity index (χ1v) is 14.5. The van der Waals surface area contributed by atoms with E-state index in [1.54, 1.807) is 0 Å². The third-order valence-electron chi connectivity index (χ3n) is 8.46. The van der Waals surface area contributed by atoms with Crippen molar-refractivity contribution in [3.63, 3.8) is 0 Å². The SMILES string of the molecule is c1ccc(-c2ccccc2N(c2ccc3c(c2)oc2ccccc23)c2cccc3oc4c5ccccc5ccc4c23)cc1. The molecule has 0 fully saturated rings. The van der Waals surface area contributed by atoms with Gasteiger partial charge in [0, 0.05) is 38.9 Å². The van der Waals surface area contributed by atoms with Gasteiger partial charge in [0.1, 0.15) is 22.3 Å². The summed E-state index contributed by atoms with van der Waals surface area (Å²) in [6.07, 6.45) is 0. The molecule has 0 saturated heterocycles. The summed E-state index contributed by atoms with van der Waals surface area (Å²) in [7, 11) is 0. The van der Waals surface area contributed by atoms with E-state index in [-0.39, 0.29) is 0 Å². The van der Waals surface area contributed by atoms with Crippen LogP contribution in [0.1, 0.15) is 0 Å². The maximum Gasteiger partial charge on any atom is 0.143 e. The van der Waals surface area contributed by atoms with E-state index < -0.39 is 0 Å². The van der Waals surface area contributed by atoms with Gasteiger partial charge >= 0.3 is 0 Å². The van der Waals surface area contributed by atoms with Crippen LogP contribution in [0.5, 0.6) is 0 Å². The average Bonchev–Trinajstić information content (AvgIpc) is 3.64. The van der Waals surface area contributed by atoms with Crippen LogP contribution in [0.25, 0.3) is 65.8 Å². The normalized spacial score (nSPS) is 11.7. The molecule has 3 nitrogen and oxygen atoms in total. The molecule has 0 radical (unpaired) electrons. The number of para-hydroxylation sites is 2. The molecule has 0 atom stereocenters. The minimum absolute atomic E-state index is 0.857. The molecule has 7 aromatic carbocycles. The number of furan rings is 2. The van der Waals surface area contributed by atoms with Gasteiger partial charge in [0.05, 0.1) is 16.8 Å². The fourth-order valence-electron chi connectivity index (χ4n) is 6.51. The lowest BCUT2D eigenvalue weighted by Gasteiger charge is -2.28. The van der Waals surface area contributed by atoms with E-state index >= 15 is 0 Å². The van der Waals surface area contributed by atoms with Gasteiger partial charge in [0.2, 0.25) is 0 Å². The van der Waals surface area contributed by atoms with Gasteiger partial charge in [0.15, 0.2) is 0 Å². The Morgan fingerprint density at radius 3 is 2.05 bits per heavy atom. The van der Waals surface area contributed by atoms with Crippen LogP contribution in [0.15, 0.2) is 160 Å². The van der Waals surface area contributed by atoms with Gasteiger partial charge in [-0.1, -0.05) is 103 Å². The molecule has 0 aliphatic carbocycles. The zero-order chi connectivity index (χ0) is 28.3. The fourth-order valence-corrected chi connectivity index (χ4v) is 6.51. The number of benzene rings is 7. The molecule has 3 heteroatoms. The van der Waals surface area contributed by atoms with E-state index in [4.69, 9.17) is 8.83 Å². The van der Waals surface area contributed by atoms with E-state index in [2.05, 4.69) is 144 Å². The van der Waals surface area contributed by atoms with Crippen molar-refractivity contribution in [1.82, 2.24) is 0 Å². The van der Waals surface area contributed by atoms with E-state index in [0.29, 0.717) is 0 Å². The summed E-state index contributed by atoms with van der Waals surface area (Å²) < 4.78 is 13.0. The van der Waals surface area contributed by atoms with Crippen LogP contribution in [0.2, 0.25) is 0 Å². The van der Waals surface area contributed by atoms with Crippen molar-refractivity contribution >= 4 is 71.7 Å². The summed E-state index contributed by atoms with van der Waals surface area (Å²) in [6, 6.07) is 53.0. The Kier molecular flexibility index (Phi) is 5.20. The summed E-state index contributed by atoms with van der Waals surface area (Å²) in [4.78, 5) is 2.35. The predicted octanol–water partition coefficient (Wildman–Crippen LogP) is 11.8. The second-order valence-electron chi connectivity index (χ2n) is 10.9. The number of fused-ring (bicyclic) bond motifs is 8. The monoisotopic (exact) mass is 551 g/mol. The molecular weight excluding hydrogens is 526 g/mol. The third kappa shape index (κ3) is 3.68. The van der Waals surface area contributed by atoms with Crippen LogP contribution in [0.3, 0.4) is 0 Å². The van der Waals surface area contributed by atoms with Crippen molar-refractivity contribution in [2.75, 3.05) is 4.90 Å². The summed E-state index contributed by atoms with van der Waals surface area (Å²) in [5.74, 6) is 0. The minimum atomic E-state index is 0.857. The van der Waals surface area contributed by atoms with Crippen molar-refractivity contribution in [2.45, 2.75) is 0 Å². The van der Waals surface area contributed by atoms with Crippen LogP contribution >= 0.6 is 0 Å². The molecule has 0 unspecified atom stereocenters. The van der Waals surface area contributed by atoms with Crippen molar-refractivity contribution in [3.05, 3.63) is 152 Å². The van der Waals surface area contributed by atoms with Gasteiger partial charge in [-0.2, -0.15) is 0 Å². The van der Waals surface area contributed by atoms with Crippen molar-refractivity contribution in [2.24, 2.45) is 0 Å². The van der Waals surface area contributed by atoms with Gasteiger partial charge in [0.25, 0.3) is 0 Å². The third-order valence-corrected chi connectivity index (χ3v) is 8.46. The summed E-state index contributed by atoms with van der Waals surface area (Å²) in [6.45, 7) is 0. The first kappa shape index (κ1) is 23.9. The van der Waals surface area contributed by atoms with Crippen LogP contribution in [0.4, 0.5) is 17.1 Å². The highest BCUT2D eigenvalue weighted by molar-refractivity contribution is 6.20. The van der Waals surface area contributed by atoms with Crippen LogP contribution < -0.4 is 4.90 Å². The average molecular weight is 552 g/mol. The topological polar surface area (TPSA) is 29.5 Å². The molecule has 0 N–H and O–H groups in total. The number of hydrogen-bond acceptors (Lipinski definition) is 3. The molecule has 202 valence electrons. The maximum absolute atomic E-state index is 6.61. The Bertz CT molecular complexity index is 2470. The lowest BCUT2D eigenvalue weighted by Crippen LogP contribution is -2.11. The van der Waals surface area contributed by atoms with Crippen LogP contribution in [-0.4, -0.2) is 0 Å². The Hall–Kier alpha value is -5.80. The highest BCUT2D eigenvalue weighted by atomic mass is 16.3. The van der Waals surface area contributed by atoms with Gasteiger partial charge in [-0.25, -0.2) is 0 Å². The van der Waals surface area contributed by atoms with Crippen molar-refractivity contribution in [3.8, 4) is 11.1 Å². The van der Waals surface area contributed by atoms with Gasteiger partial charge < -0.3 is 13.7 Å². The van der Waals surface area contributed by atoms with Crippen molar-refractivity contribution in [1.29, 1.82) is 0 Å². The quantitative estimate of drug-likeness (QED) is 0.218. The van der Waals surface area contributed by atoms with E-state index in [1.165, 1.54) is 0 Å². The Balaban J connectivity index is 1.37. The Morgan fingerprint density at radius 2 is 1.12 bits per heavy atom. The van der Waals surface area contributed by atoms with Crippen molar-refractivity contribution < 1.29 is 8.83 Å². The number of hydrogen-bond donors (Lipinski definition) is 0. The zero-order valence-corrected chi connectivity index (χ0v) is 23.2. The second-order valence-corrected chi connectivity index (χ2v) is 10.9. The smallest absolute Gasteiger partial charge is 0.143 e. The van der Waals surface area contributed by atoms with Gasteiger partial charge in [-0.3, -0.25) is 0 Å². The van der Waals surface area contributed by atoms with E-state index in [0.717, 1.165) is 82.8 Å². The predicted molar refractivity (Wildman–Crippen MR) is 179 cm³/mol. The molecule has 0 amide bonds. The van der Waals surface area contributed by atoms with E-state index in [9.17, 15) is 0 Å². The number of rotatable bonds is 4. The number of anilines is 3. The second kappa shape index (κ2) is 9.37. The van der Waals surface area contributed by atoms with Crippen LogP contribution in [0, 0.1) is 0 Å². The molecule has 9 rings (SSSR count). The Morgan fingerprint density at radius 1 is 0.419 bits per heavy atom. The highest BCUT2D eigenvalue weighted by Gasteiger charge is 2.23. The maximum atomic E-state index is 6.61. The summed E-state index contributed by atoms with van der Waals surface area (Å²) in [5.41, 5.74) is 8.94. The lowest BCUT2D eigenvalue weighted by molar-refractivity contribution is 0.669. The highest BCUT2D eigenvalue weighted by Crippen LogP contribution is 2.47. The molecule has 0 aliphatic heterocycles. The molecule has 2 heterocycles. The molecule has 0 saturated carbocycles. The summed E-state index contributed by atoms with van der Waals surface area (Å²) in [5, 5.41) is 6.68. The molecule has 9 aromatic rings. The lowest BCUT2D eigenvalue weighted by atomic mass is 10.00. The standard InChI is InChI=1S/C40H25NO2/c1-2-11-26(12-3-1)29-14-6-8-17-34(29)41(28-22-24-32-31-16-7-9-19-36(31)42-38(32)25-28)35-18-10-20-37-39(35)33-23-21-27-13-4-5-15-30(27)40(33)43-37/h1-25H. The molecule has 43 heavy (non-hydrogen) atoms. The van der Waals surface area contributed by atoms with E-state index in [1.807, 2.05) is 12.1 Å². The number of nitrogens with zero attached hydrogens (tertiary/aromatic N) is 1. The molecule has 0 aliphatic rings. The fraction of sp³-hybridized carbons (Fsp3) is 0. The summed E-state index contributed by atoms with van der Waals surface area (Å²) >= 11 is 0. The zero-order valence-electron chi connectivity index (χ0n) is 23.2. The molecular formula is C40H25NO2. The van der Waals surface area contributed by atoms with Gasteiger partial charge in [-0.05, 0) is 53.4 Å². The molecule has 0 bridgehead atoms. The molecule has 2 aromatic heterocycles. The first-order valence-electron chi connectivity index (χ1n) is 14.5. The molecule has 0 spiro atoms. The minimum Gasteiger partial charge on any atom is -0.456 e.